The Bertz CT molecular complexity index is 1340. The van der Waals surface area contributed by atoms with Gasteiger partial charge < -0.3 is 0 Å². The van der Waals surface area contributed by atoms with E-state index >= 15 is 0 Å². The molecule has 0 fully saturated rings. The first-order valence-electron chi connectivity index (χ1n) is 10.3. The lowest BCUT2D eigenvalue weighted by Gasteiger charge is -2.39. The van der Waals surface area contributed by atoms with Crippen molar-refractivity contribution in [2.75, 3.05) is 4.90 Å². The Morgan fingerprint density at radius 1 is 1.00 bits per heavy atom. The van der Waals surface area contributed by atoms with Gasteiger partial charge in [0, 0.05) is 22.7 Å². The molecule has 1 aliphatic heterocycles. The topological polar surface area (TPSA) is 94.2 Å². The Morgan fingerprint density at radius 2 is 1.76 bits per heavy atom. The van der Waals surface area contributed by atoms with E-state index in [1.54, 1.807) is 15.6 Å². The van der Waals surface area contributed by atoms with E-state index in [0.29, 0.717) is 17.4 Å². The average Bonchev–Trinajstić information content (AvgIpc) is 3.33. The molecule has 1 aromatic heterocycles. The minimum atomic E-state index is -0.516. The van der Waals surface area contributed by atoms with Gasteiger partial charge in [-0.3, -0.25) is 19.8 Å². The molecule has 164 valence electrons. The minimum Gasteiger partial charge on any atom is -0.269 e. The Morgan fingerprint density at radius 3 is 2.52 bits per heavy atom. The molecule has 0 saturated heterocycles. The lowest BCUT2D eigenvalue weighted by atomic mass is 9.91. The molecule has 2 heterocycles. The molecule has 0 N–H and O–H groups in total. The number of rotatable bonds is 4. The fraction of sp³-hybridized carbons (Fsp3) is 0.125. The van der Waals surface area contributed by atoms with E-state index in [2.05, 4.69) is 10.1 Å². The molecular formula is C24H18ClN5O3. The Labute approximate surface area is 194 Å². The molecule has 0 bridgehead atoms. The summed E-state index contributed by atoms with van der Waals surface area (Å²) in [6.45, 7) is 0. The number of nitro groups is 1. The van der Waals surface area contributed by atoms with Gasteiger partial charge in [-0.25, -0.2) is 4.68 Å². The quantitative estimate of drug-likeness (QED) is 0.308. The highest BCUT2D eigenvalue weighted by Crippen LogP contribution is 2.43. The summed E-state index contributed by atoms with van der Waals surface area (Å²) in [6, 6.07) is 22.3. The first-order chi connectivity index (χ1) is 16.0. The highest BCUT2D eigenvalue weighted by Gasteiger charge is 2.40. The van der Waals surface area contributed by atoms with Crippen molar-refractivity contribution in [3.8, 4) is 0 Å². The van der Waals surface area contributed by atoms with Gasteiger partial charge >= 0.3 is 0 Å². The molecule has 9 heteroatoms. The van der Waals surface area contributed by atoms with Crippen molar-refractivity contribution in [2.45, 2.75) is 18.5 Å². The third-order valence-corrected chi connectivity index (χ3v) is 6.14. The Hall–Kier alpha value is -4.04. The smallest absolute Gasteiger partial charge is 0.269 e. The monoisotopic (exact) mass is 459 g/mol. The largest absolute Gasteiger partial charge is 0.270 e. The molecule has 1 aliphatic rings. The summed E-state index contributed by atoms with van der Waals surface area (Å²) in [5, 5.41) is 16.3. The summed E-state index contributed by atoms with van der Waals surface area (Å²) in [5.74, 6) is -0.0315. The van der Waals surface area contributed by atoms with Gasteiger partial charge in [-0.2, -0.15) is 10.1 Å². The second-order valence-electron chi connectivity index (χ2n) is 7.69. The Kier molecular flexibility index (Phi) is 5.35. The van der Waals surface area contributed by atoms with Gasteiger partial charge in [0.15, 0.2) is 0 Å². The van der Waals surface area contributed by atoms with E-state index in [0.717, 1.165) is 11.1 Å². The van der Waals surface area contributed by atoms with Crippen LogP contribution in [-0.4, -0.2) is 25.6 Å². The highest BCUT2D eigenvalue weighted by atomic mass is 35.5. The molecular weight excluding hydrogens is 442 g/mol. The lowest BCUT2D eigenvalue weighted by Crippen LogP contribution is -2.42. The first-order valence-corrected chi connectivity index (χ1v) is 10.7. The number of hydrogen-bond acceptors (Lipinski definition) is 5. The molecule has 0 unspecified atom stereocenters. The lowest BCUT2D eigenvalue weighted by molar-refractivity contribution is -0.384. The first kappa shape index (κ1) is 20.8. The summed E-state index contributed by atoms with van der Waals surface area (Å²) >= 11 is 6.52. The maximum atomic E-state index is 13.7. The normalized spacial score (nSPS) is 17.4. The van der Waals surface area contributed by atoms with E-state index in [-0.39, 0.29) is 29.2 Å². The number of carbonyl (C=O) groups excluding carboxylic acids is 1. The van der Waals surface area contributed by atoms with E-state index in [4.69, 9.17) is 11.6 Å². The summed E-state index contributed by atoms with van der Waals surface area (Å²) in [6.07, 6.45) is 1.91. The van der Waals surface area contributed by atoms with Gasteiger partial charge in [0.2, 0.25) is 5.95 Å². The number of fused-ring (bicyclic) bond motifs is 1. The van der Waals surface area contributed by atoms with E-state index < -0.39 is 4.92 Å². The number of anilines is 1. The van der Waals surface area contributed by atoms with E-state index in [1.807, 2.05) is 54.6 Å². The number of nitrogens with zero attached hydrogens (tertiary/aromatic N) is 5. The van der Waals surface area contributed by atoms with Crippen LogP contribution in [0.5, 0.6) is 0 Å². The van der Waals surface area contributed by atoms with Crippen molar-refractivity contribution in [1.82, 2.24) is 14.8 Å². The molecule has 0 spiro atoms. The van der Waals surface area contributed by atoms with Crippen molar-refractivity contribution in [1.29, 1.82) is 0 Å². The SMILES string of the molecule is O=C(c1cccc([N+](=O)[O-])c1)N1c2ncnn2[C@@H](c2ccccc2Cl)C[C@H]1c1ccccc1. The van der Waals surface area contributed by atoms with Crippen molar-refractivity contribution in [3.63, 3.8) is 0 Å². The summed E-state index contributed by atoms with van der Waals surface area (Å²) in [4.78, 5) is 30.4. The molecule has 1 amide bonds. The van der Waals surface area contributed by atoms with Gasteiger partial charge in [-0.15, -0.1) is 0 Å². The van der Waals surface area contributed by atoms with Crippen LogP contribution in [0, 0.1) is 10.1 Å². The second kappa shape index (κ2) is 8.48. The van der Waals surface area contributed by atoms with Crippen LogP contribution in [0.25, 0.3) is 0 Å². The zero-order valence-corrected chi connectivity index (χ0v) is 18.0. The number of non-ortho nitro benzene ring substituents is 1. The van der Waals surface area contributed by atoms with Crippen LogP contribution < -0.4 is 4.90 Å². The summed E-state index contributed by atoms with van der Waals surface area (Å²) in [7, 11) is 0. The Balaban J connectivity index is 1.66. The van der Waals surface area contributed by atoms with Crippen molar-refractivity contribution in [2.24, 2.45) is 0 Å². The highest BCUT2D eigenvalue weighted by molar-refractivity contribution is 6.31. The number of aromatic nitrogens is 3. The third-order valence-electron chi connectivity index (χ3n) is 5.79. The van der Waals surface area contributed by atoms with Crippen molar-refractivity contribution < 1.29 is 9.72 Å². The van der Waals surface area contributed by atoms with E-state index in [1.165, 1.54) is 24.5 Å². The second-order valence-corrected chi connectivity index (χ2v) is 8.09. The molecule has 0 saturated carbocycles. The number of carbonyl (C=O) groups is 1. The predicted molar refractivity (Wildman–Crippen MR) is 123 cm³/mol. The molecule has 2 atom stereocenters. The van der Waals surface area contributed by atoms with Crippen LogP contribution >= 0.6 is 11.6 Å². The van der Waals surface area contributed by atoms with E-state index in [9.17, 15) is 14.9 Å². The van der Waals surface area contributed by atoms with Crippen LogP contribution in [-0.2, 0) is 0 Å². The molecule has 8 nitrogen and oxygen atoms in total. The zero-order chi connectivity index (χ0) is 22.9. The molecule has 3 aromatic carbocycles. The summed E-state index contributed by atoms with van der Waals surface area (Å²) in [5.41, 5.74) is 1.86. The number of amides is 1. The standard InChI is InChI=1S/C24H18ClN5O3/c25-20-12-5-4-11-19(20)22-14-21(16-7-2-1-3-8-16)28(24-26-15-27-29(22)24)23(31)17-9-6-10-18(13-17)30(32)33/h1-13,15,21-22H,14H2/t21-,22+/m0/s1. The van der Waals surface area contributed by atoms with Crippen LogP contribution in [0.2, 0.25) is 5.02 Å². The fourth-order valence-corrected chi connectivity index (χ4v) is 4.54. The molecule has 4 aromatic rings. The zero-order valence-electron chi connectivity index (χ0n) is 17.3. The number of nitro benzene ring substituents is 1. The predicted octanol–water partition coefficient (Wildman–Crippen LogP) is 5.22. The van der Waals surface area contributed by atoms with Crippen LogP contribution in [0.4, 0.5) is 11.6 Å². The van der Waals surface area contributed by atoms with Crippen LogP contribution in [0.1, 0.15) is 40.0 Å². The third kappa shape index (κ3) is 3.74. The van der Waals surface area contributed by atoms with Crippen LogP contribution in [0.3, 0.4) is 0 Å². The maximum absolute atomic E-state index is 13.7. The molecule has 0 radical (unpaired) electrons. The number of halogens is 1. The van der Waals surface area contributed by atoms with Gasteiger partial charge in [0.05, 0.1) is 17.0 Å². The van der Waals surface area contributed by atoms with Crippen LogP contribution in [0.15, 0.2) is 85.2 Å². The van der Waals surface area contributed by atoms with Gasteiger partial charge in [0.25, 0.3) is 11.6 Å². The molecule has 33 heavy (non-hydrogen) atoms. The molecule has 5 rings (SSSR count). The van der Waals surface area contributed by atoms with Gasteiger partial charge in [0.1, 0.15) is 6.33 Å². The molecule has 0 aliphatic carbocycles. The van der Waals surface area contributed by atoms with Gasteiger partial charge in [-0.05, 0) is 29.7 Å². The van der Waals surface area contributed by atoms with Gasteiger partial charge in [-0.1, -0.05) is 66.2 Å². The summed E-state index contributed by atoms with van der Waals surface area (Å²) < 4.78 is 1.69. The maximum Gasteiger partial charge on any atom is 0.270 e. The van der Waals surface area contributed by atoms with Crippen molar-refractivity contribution in [3.05, 3.63) is 117 Å². The number of benzene rings is 3. The van der Waals surface area contributed by atoms with Crippen molar-refractivity contribution >= 4 is 29.1 Å². The minimum absolute atomic E-state index is 0.149. The average molecular weight is 460 g/mol. The number of hydrogen-bond donors (Lipinski definition) is 0. The fourth-order valence-electron chi connectivity index (χ4n) is 4.28.